The van der Waals surface area contributed by atoms with Crippen molar-refractivity contribution in [3.8, 4) is 5.69 Å². The summed E-state index contributed by atoms with van der Waals surface area (Å²) in [5, 5.41) is 13.7. The molecule has 148 valence electrons. The van der Waals surface area contributed by atoms with Gasteiger partial charge in [-0.25, -0.2) is 0 Å². The molecule has 1 aliphatic heterocycles. The van der Waals surface area contributed by atoms with Gasteiger partial charge in [0.2, 0.25) is 0 Å². The van der Waals surface area contributed by atoms with Gasteiger partial charge in [0, 0.05) is 23.6 Å². The van der Waals surface area contributed by atoms with Crippen molar-refractivity contribution < 1.29 is 19.5 Å². The van der Waals surface area contributed by atoms with Gasteiger partial charge in [-0.05, 0) is 61.5 Å². The minimum absolute atomic E-state index is 0.0378. The van der Waals surface area contributed by atoms with E-state index in [-0.39, 0.29) is 22.8 Å². The monoisotopic (exact) mass is 408 g/mol. The van der Waals surface area contributed by atoms with Crippen LogP contribution in [0.5, 0.6) is 0 Å². The number of carbonyl (C=O) groups excluding carboxylic acids is 3. The Labute approximate surface area is 172 Å². The molecule has 0 unspecified atom stereocenters. The number of aryl methyl sites for hydroxylation is 1. The second-order valence-electron chi connectivity index (χ2n) is 6.52. The largest absolute Gasteiger partial charge is 0.545 e. The first kappa shape index (κ1) is 20.2. The van der Waals surface area contributed by atoms with E-state index in [4.69, 9.17) is 12.2 Å². The summed E-state index contributed by atoms with van der Waals surface area (Å²) < 4.78 is 1.84. The zero-order chi connectivity index (χ0) is 21.3. The molecule has 0 atom stereocenters. The molecule has 7 nitrogen and oxygen atoms in total. The molecule has 29 heavy (non-hydrogen) atoms. The molecule has 0 bridgehead atoms. The number of amides is 2. The number of carboxylic acid groups (broad SMARTS) is 1. The predicted molar refractivity (Wildman–Crippen MR) is 110 cm³/mol. The van der Waals surface area contributed by atoms with Crippen molar-refractivity contribution in [2.24, 2.45) is 0 Å². The Bertz CT molecular complexity index is 1100. The standard InChI is InChI=1S/C21H19N3O4S/c1-4-8-23-19(26)17(18(25)22-21(23)29)11-15-9-12(2)24(13(15)3)16-7-5-6-14(10-16)20(27)28/h4-7,9-11H,1,8H2,2-3H3,(H,27,28)(H,22,25,29)/p-1/b17-11+. The summed E-state index contributed by atoms with van der Waals surface area (Å²) in [6, 6.07) is 8.18. The second kappa shape index (κ2) is 7.84. The fourth-order valence-corrected chi connectivity index (χ4v) is 3.50. The minimum Gasteiger partial charge on any atom is -0.545 e. The quantitative estimate of drug-likeness (QED) is 0.348. The van der Waals surface area contributed by atoms with Crippen LogP contribution in [0.3, 0.4) is 0 Å². The van der Waals surface area contributed by atoms with E-state index in [0.29, 0.717) is 11.3 Å². The summed E-state index contributed by atoms with van der Waals surface area (Å²) in [5.41, 5.74) is 2.88. The zero-order valence-corrected chi connectivity index (χ0v) is 16.7. The van der Waals surface area contributed by atoms with Crippen molar-refractivity contribution in [2.75, 3.05) is 6.54 Å². The van der Waals surface area contributed by atoms with E-state index in [9.17, 15) is 19.5 Å². The highest BCUT2D eigenvalue weighted by Gasteiger charge is 2.32. The molecule has 1 aromatic carbocycles. The minimum atomic E-state index is -1.26. The number of thiocarbonyl (C=S) groups is 1. The molecule has 0 radical (unpaired) electrons. The van der Waals surface area contributed by atoms with Gasteiger partial charge in [0.25, 0.3) is 11.8 Å². The number of nitrogens with zero attached hydrogens (tertiary/aromatic N) is 2. The second-order valence-corrected chi connectivity index (χ2v) is 6.91. The Hall–Kier alpha value is -3.52. The van der Waals surface area contributed by atoms with E-state index in [1.165, 1.54) is 29.2 Å². The molecule has 3 rings (SSSR count). The van der Waals surface area contributed by atoms with Crippen LogP contribution in [0.1, 0.15) is 27.3 Å². The lowest BCUT2D eigenvalue weighted by atomic mass is 10.1. The number of aromatic carboxylic acids is 1. The van der Waals surface area contributed by atoms with Crippen LogP contribution in [-0.4, -0.2) is 38.9 Å². The van der Waals surface area contributed by atoms with E-state index < -0.39 is 17.8 Å². The molecule has 2 heterocycles. The zero-order valence-electron chi connectivity index (χ0n) is 15.9. The van der Waals surface area contributed by atoms with Gasteiger partial charge in [-0.15, -0.1) is 6.58 Å². The number of carbonyl (C=O) groups is 3. The Morgan fingerprint density at radius 3 is 2.66 bits per heavy atom. The average Bonchev–Trinajstić information content (AvgIpc) is 2.95. The van der Waals surface area contributed by atoms with E-state index in [1.54, 1.807) is 12.1 Å². The number of rotatable bonds is 5. The van der Waals surface area contributed by atoms with Crippen molar-refractivity contribution in [1.29, 1.82) is 0 Å². The number of benzene rings is 1. The van der Waals surface area contributed by atoms with Crippen LogP contribution >= 0.6 is 12.2 Å². The van der Waals surface area contributed by atoms with Crippen molar-refractivity contribution in [2.45, 2.75) is 13.8 Å². The first-order valence-electron chi connectivity index (χ1n) is 8.75. The molecular formula is C21H18N3O4S-. The van der Waals surface area contributed by atoms with Crippen molar-refractivity contribution in [3.05, 3.63) is 71.1 Å². The summed E-state index contributed by atoms with van der Waals surface area (Å²) in [6.45, 7) is 7.46. The van der Waals surface area contributed by atoms with Gasteiger partial charge in [-0.1, -0.05) is 18.2 Å². The van der Waals surface area contributed by atoms with Gasteiger partial charge in [0.1, 0.15) is 5.57 Å². The van der Waals surface area contributed by atoms with Crippen LogP contribution in [0.2, 0.25) is 0 Å². The normalized spacial score (nSPS) is 15.6. The number of aromatic nitrogens is 1. The lowest BCUT2D eigenvalue weighted by molar-refractivity contribution is -0.255. The molecule has 1 N–H and O–H groups in total. The molecule has 1 fully saturated rings. The van der Waals surface area contributed by atoms with Crippen molar-refractivity contribution in [1.82, 2.24) is 14.8 Å². The topological polar surface area (TPSA) is 94.5 Å². The van der Waals surface area contributed by atoms with Crippen LogP contribution in [0, 0.1) is 13.8 Å². The van der Waals surface area contributed by atoms with E-state index in [0.717, 1.165) is 11.4 Å². The van der Waals surface area contributed by atoms with Crippen molar-refractivity contribution in [3.63, 3.8) is 0 Å². The van der Waals surface area contributed by atoms with Crippen LogP contribution in [-0.2, 0) is 9.59 Å². The van der Waals surface area contributed by atoms with Gasteiger partial charge >= 0.3 is 0 Å². The summed E-state index contributed by atoms with van der Waals surface area (Å²) in [7, 11) is 0. The Balaban J connectivity index is 2.06. The molecule has 2 amide bonds. The first-order valence-corrected chi connectivity index (χ1v) is 9.16. The molecule has 1 aliphatic rings. The highest BCUT2D eigenvalue weighted by atomic mass is 32.1. The first-order chi connectivity index (χ1) is 13.7. The smallest absolute Gasteiger partial charge is 0.265 e. The molecule has 0 saturated carbocycles. The number of hydrogen-bond donors (Lipinski definition) is 1. The molecule has 1 saturated heterocycles. The third kappa shape index (κ3) is 3.74. The van der Waals surface area contributed by atoms with Crippen LogP contribution in [0.25, 0.3) is 11.8 Å². The van der Waals surface area contributed by atoms with Gasteiger partial charge in [-0.2, -0.15) is 0 Å². The molecule has 1 aromatic heterocycles. The summed E-state index contributed by atoms with van der Waals surface area (Å²) in [4.78, 5) is 37.5. The third-order valence-electron chi connectivity index (χ3n) is 4.61. The SMILES string of the molecule is C=CCN1C(=O)/C(=C/c2cc(C)n(-c3cccc(C(=O)[O-])c3)c2C)C(=O)NC1=S. The van der Waals surface area contributed by atoms with E-state index in [1.807, 2.05) is 24.5 Å². The Morgan fingerprint density at radius 1 is 1.28 bits per heavy atom. The highest BCUT2D eigenvalue weighted by Crippen LogP contribution is 2.24. The lowest BCUT2D eigenvalue weighted by Crippen LogP contribution is -2.53. The molecule has 0 aliphatic carbocycles. The fourth-order valence-electron chi connectivity index (χ4n) is 3.25. The van der Waals surface area contributed by atoms with Gasteiger partial charge in [0.05, 0.1) is 5.97 Å². The van der Waals surface area contributed by atoms with Gasteiger partial charge in [0.15, 0.2) is 5.11 Å². The van der Waals surface area contributed by atoms with Gasteiger partial charge in [-0.3, -0.25) is 19.8 Å². The third-order valence-corrected chi connectivity index (χ3v) is 4.93. The molecule has 0 spiro atoms. The number of hydrogen-bond acceptors (Lipinski definition) is 5. The van der Waals surface area contributed by atoms with E-state index in [2.05, 4.69) is 11.9 Å². The number of nitrogens with one attached hydrogen (secondary N) is 1. The van der Waals surface area contributed by atoms with Crippen LogP contribution < -0.4 is 10.4 Å². The summed E-state index contributed by atoms with van der Waals surface area (Å²) in [5.74, 6) is -2.33. The lowest BCUT2D eigenvalue weighted by Gasteiger charge is -2.27. The Kier molecular flexibility index (Phi) is 5.47. The van der Waals surface area contributed by atoms with Gasteiger partial charge < -0.3 is 14.5 Å². The maximum absolute atomic E-state index is 12.7. The molecular weight excluding hydrogens is 390 g/mol. The maximum Gasteiger partial charge on any atom is 0.265 e. The summed E-state index contributed by atoms with van der Waals surface area (Å²) in [6.07, 6.45) is 3.03. The van der Waals surface area contributed by atoms with E-state index >= 15 is 0 Å². The van der Waals surface area contributed by atoms with Crippen molar-refractivity contribution >= 4 is 41.2 Å². The summed E-state index contributed by atoms with van der Waals surface area (Å²) >= 11 is 5.05. The van der Waals surface area contributed by atoms with Crippen LogP contribution in [0.15, 0.2) is 48.6 Å². The molecule has 8 heteroatoms. The Morgan fingerprint density at radius 2 is 2.00 bits per heavy atom. The fraction of sp³-hybridized carbons (Fsp3) is 0.143. The maximum atomic E-state index is 12.7. The number of carboxylic acids is 1. The highest BCUT2D eigenvalue weighted by molar-refractivity contribution is 7.80. The predicted octanol–water partition coefficient (Wildman–Crippen LogP) is 1.27. The molecule has 2 aromatic rings. The average molecular weight is 408 g/mol. The van der Waals surface area contributed by atoms with Crippen LogP contribution in [0.4, 0.5) is 0 Å².